The summed E-state index contributed by atoms with van der Waals surface area (Å²) in [5.74, 6) is 0. The van der Waals surface area contributed by atoms with Crippen LogP contribution in [-0.4, -0.2) is 10.5 Å². The number of hydrogen-bond acceptors (Lipinski definition) is 3. The predicted molar refractivity (Wildman–Crippen MR) is 39.4 cm³/mol. The van der Waals surface area contributed by atoms with Gasteiger partial charge in [0.2, 0.25) is 0 Å². The highest BCUT2D eigenvalue weighted by Crippen LogP contribution is 2.15. The molecule has 0 bridgehead atoms. The molecule has 0 aromatic carbocycles. The van der Waals surface area contributed by atoms with Crippen molar-refractivity contribution in [1.82, 2.24) is 0 Å². The second-order valence-corrected chi connectivity index (χ2v) is 5.11. The van der Waals surface area contributed by atoms with Gasteiger partial charge in [-0.3, -0.25) is 0 Å². The van der Waals surface area contributed by atoms with Crippen molar-refractivity contribution >= 4 is 21.1 Å². The van der Waals surface area contributed by atoms with Gasteiger partial charge in [0, 0.05) is 6.26 Å². The summed E-state index contributed by atoms with van der Waals surface area (Å²) in [5, 5.41) is 1.83. The van der Waals surface area contributed by atoms with Crippen molar-refractivity contribution in [2.45, 2.75) is 4.21 Å². The SMILES string of the molecule is CS(=N)(=O)c1cccs1. The van der Waals surface area contributed by atoms with Crippen molar-refractivity contribution in [3.63, 3.8) is 0 Å². The predicted octanol–water partition coefficient (Wildman–Crippen LogP) is 1.78. The molecule has 0 aliphatic rings. The van der Waals surface area contributed by atoms with Gasteiger partial charge < -0.3 is 0 Å². The topological polar surface area (TPSA) is 40.9 Å². The number of hydrogen-bond donors (Lipinski definition) is 1. The minimum absolute atomic E-state index is 0.655. The highest BCUT2D eigenvalue weighted by atomic mass is 32.2. The van der Waals surface area contributed by atoms with Gasteiger partial charge in [0.25, 0.3) is 0 Å². The molecule has 2 nitrogen and oxygen atoms in total. The van der Waals surface area contributed by atoms with Gasteiger partial charge in [-0.25, -0.2) is 8.99 Å². The zero-order chi connectivity index (χ0) is 6.91. The van der Waals surface area contributed by atoms with Crippen LogP contribution in [0.5, 0.6) is 0 Å². The van der Waals surface area contributed by atoms with Crippen molar-refractivity contribution < 1.29 is 4.21 Å². The van der Waals surface area contributed by atoms with Gasteiger partial charge in [-0.2, -0.15) is 0 Å². The van der Waals surface area contributed by atoms with E-state index in [0.717, 1.165) is 0 Å². The van der Waals surface area contributed by atoms with Crippen LogP contribution in [0.2, 0.25) is 0 Å². The van der Waals surface area contributed by atoms with E-state index in [1.807, 2.05) is 5.38 Å². The van der Waals surface area contributed by atoms with Crippen molar-refractivity contribution in [3.8, 4) is 0 Å². The molecule has 0 amide bonds. The van der Waals surface area contributed by atoms with E-state index >= 15 is 0 Å². The molecule has 0 fully saturated rings. The van der Waals surface area contributed by atoms with Crippen molar-refractivity contribution in [2.24, 2.45) is 0 Å². The number of rotatable bonds is 1. The van der Waals surface area contributed by atoms with Crippen LogP contribution in [-0.2, 0) is 9.73 Å². The van der Waals surface area contributed by atoms with Crippen molar-refractivity contribution in [3.05, 3.63) is 17.5 Å². The average molecular weight is 161 g/mol. The molecule has 0 aliphatic heterocycles. The minimum atomic E-state index is -2.44. The number of thiophene rings is 1. The van der Waals surface area contributed by atoms with Gasteiger partial charge in [0.15, 0.2) is 0 Å². The molecule has 1 heterocycles. The second kappa shape index (κ2) is 2.11. The summed E-state index contributed by atoms with van der Waals surface area (Å²) in [4.78, 5) is 0. The summed E-state index contributed by atoms with van der Waals surface area (Å²) in [7, 11) is -2.44. The first-order valence-corrected chi connectivity index (χ1v) is 5.22. The molecule has 1 N–H and O–H groups in total. The minimum Gasteiger partial charge on any atom is -0.248 e. The first-order chi connectivity index (χ1) is 4.11. The molecular formula is C5H7NOS2. The Hall–Kier alpha value is -0.350. The molecule has 1 atom stereocenters. The van der Waals surface area contributed by atoms with Crippen LogP contribution in [0.1, 0.15) is 0 Å². The summed E-state index contributed by atoms with van der Waals surface area (Å²) >= 11 is 1.37. The highest BCUT2D eigenvalue weighted by Gasteiger charge is 2.00. The third-order valence-electron chi connectivity index (χ3n) is 0.879. The normalized spacial score (nSPS) is 17.0. The van der Waals surface area contributed by atoms with Crippen LogP contribution >= 0.6 is 11.3 Å². The number of nitrogens with one attached hydrogen (secondary N) is 1. The van der Waals surface area contributed by atoms with Gasteiger partial charge in [-0.05, 0) is 11.4 Å². The molecule has 1 rings (SSSR count). The lowest BCUT2D eigenvalue weighted by Crippen LogP contribution is -1.88. The first kappa shape index (κ1) is 6.77. The van der Waals surface area contributed by atoms with E-state index in [1.165, 1.54) is 17.6 Å². The van der Waals surface area contributed by atoms with E-state index in [1.54, 1.807) is 12.1 Å². The fourth-order valence-corrected chi connectivity index (χ4v) is 2.17. The largest absolute Gasteiger partial charge is 0.248 e. The second-order valence-electron chi connectivity index (χ2n) is 1.78. The smallest absolute Gasteiger partial charge is 0.0991 e. The maximum atomic E-state index is 10.9. The first-order valence-electron chi connectivity index (χ1n) is 2.38. The van der Waals surface area contributed by atoms with Gasteiger partial charge in [-0.15, -0.1) is 11.3 Å². The van der Waals surface area contributed by atoms with E-state index in [0.29, 0.717) is 4.21 Å². The van der Waals surface area contributed by atoms with Crippen molar-refractivity contribution in [1.29, 1.82) is 4.78 Å². The quantitative estimate of drug-likeness (QED) is 0.670. The van der Waals surface area contributed by atoms with Gasteiger partial charge in [0.1, 0.15) is 0 Å². The average Bonchev–Trinajstić information content (AvgIpc) is 2.08. The van der Waals surface area contributed by atoms with E-state index < -0.39 is 9.73 Å². The summed E-state index contributed by atoms with van der Waals surface area (Å²) in [5.41, 5.74) is 0. The van der Waals surface area contributed by atoms with Crippen molar-refractivity contribution in [2.75, 3.05) is 6.26 Å². The lowest BCUT2D eigenvalue weighted by Gasteiger charge is -1.90. The lowest BCUT2D eigenvalue weighted by atomic mass is 10.7. The molecule has 0 spiro atoms. The van der Waals surface area contributed by atoms with E-state index in [9.17, 15) is 4.21 Å². The fourth-order valence-electron chi connectivity index (χ4n) is 0.485. The Kier molecular flexibility index (Phi) is 1.59. The molecule has 0 saturated carbocycles. The van der Waals surface area contributed by atoms with Crippen LogP contribution in [0.3, 0.4) is 0 Å². The molecule has 0 aliphatic carbocycles. The van der Waals surface area contributed by atoms with Crippen LogP contribution in [0.4, 0.5) is 0 Å². The molecule has 0 saturated heterocycles. The van der Waals surface area contributed by atoms with Gasteiger partial charge in [0.05, 0.1) is 13.9 Å². The third kappa shape index (κ3) is 1.53. The van der Waals surface area contributed by atoms with Crippen LogP contribution in [0.15, 0.2) is 21.7 Å². The maximum Gasteiger partial charge on any atom is 0.0991 e. The van der Waals surface area contributed by atoms with E-state index in [2.05, 4.69) is 0 Å². The summed E-state index contributed by atoms with van der Waals surface area (Å²) in [6.45, 7) is 0. The van der Waals surface area contributed by atoms with Gasteiger partial charge >= 0.3 is 0 Å². The molecule has 1 unspecified atom stereocenters. The lowest BCUT2D eigenvalue weighted by molar-refractivity contribution is 0.680. The van der Waals surface area contributed by atoms with Crippen LogP contribution < -0.4 is 0 Å². The van der Waals surface area contributed by atoms with Crippen LogP contribution in [0.25, 0.3) is 0 Å². The summed E-state index contributed by atoms with van der Waals surface area (Å²) < 4.78 is 18.7. The van der Waals surface area contributed by atoms with E-state index in [4.69, 9.17) is 4.78 Å². The molecule has 0 radical (unpaired) electrons. The Morgan fingerprint density at radius 3 is 2.67 bits per heavy atom. The van der Waals surface area contributed by atoms with Gasteiger partial charge in [-0.1, -0.05) is 6.07 Å². The Balaban J connectivity index is 3.20. The molecular weight excluding hydrogens is 154 g/mol. The monoisotopic (exact) mass is 161 g/mol. The maximum absolute atomic E-state index is 10.9. The Labute approximate surface area is 58.5 Å². The molecule has 4 heteroatoms. The fraction of sp³-hybridized carbons (Fsp3) is 0.200. The zero-order valence-corrected chi connectivity index (χ0v) is 6.59. The Morgan fingerprint density at radius 2 is 2.44 bits per heavy atom. The zero-order valence-electron chi connectivity index (χ0n) is 4.96. The van der Waals surface area contributed by atoms with E-state index in [-0.39, 0.29) is 0 Å². The molecule has 1 aromatic heterocycles. The van der Waals surface area contributed by atoms with Crippen LogP contribution in [0, 0.1) is 4.78 Å². The summed E-state index contributed by atoms with van der Waals surface area (Å²) in [6.07, 6.45) is 1.43. The standard InChI is InChI=1S/C5H7NOS2/c1-9(6,7)5-3-2-4-8-5/h2-4,6H,1H3. The Bertz CT molecular complexity index is 272. The summed E-state index contributed by atoms with van der Waals surface area (Å²) in [6, 6.07) is 3.53. The molecule has 9 heavy (non-hydrogen) atoms. The molecule has 50 valence electrons. The third-order valence-corrected chi connectivity index (χ3v) is 3.69. The molecule has 1 aromatic rings. The highest BCUT2D eigenvalue weighted by molar-refractivity contribution is 7.93. The Morgan fingerprint density at radius 1 is 1.78 bits per heavy atom.